The SMILES string of the molecule is COc1ccc(C(=O)Nc2ccc(-c3ccc(N4CC[NH+](C)CC4)nn3)cc2)cc1. The highest BCUT2D eigenvalue weighted by molar-refractivity contribution is 6.04. The zero-order valence-corrected chi connectivity index (χ0v) is 17.3. The van der Waals surface area contributed by atoms with E-state index in [1.54, 1.807) is 36.3 Å². The van der Waals surface area contributed by atoms with Crippen molar-refractivity contribution < 1.29 is 14.4 Å². The van der Waals surface area contributed by atoms with Crippen molar-refractivity contribution in [1.82, 2.24) is 10.2 Å². The lowest BCUT2D eigenvalue weighted by molar-refractivity contribution is -0.880. The van der Waals surface area contributed by atoms with Crippen LogP contribution in [0.2, 0.25) is 0 Å². The zero-order valence-electron chi connectivity index (χ0n) is 17.3. The summed E-state index contributed by atoms with van der Waals surface area (Å²) in [5.74, 6) is 1.48. The van der Waals surface area contributed by atoms with E-state index < -0.39 is 0 Å². The van der Waals surface area contributed by atoms with Gasteiger partial charge in [-0.2, -0.15) is 0 Å². The molecule has 0 atom stereocenters. The molecule has 30 heavy (non-hydrogen) atoms. The fourth-order valence-electron chi connectivity index (χ4n) is 3.44. The summed E-state index contributed by atoms with van der Waals surface area (Å²) in [6, 6.07) is 18.7. The summed E-state index contributed by atoms with van der Waals surface area (Å²) in [5, 5.41) is 11.7. The summed E-state index contributed by atoms with van der Waals surface area (Å²) in [6.07, 6.45) is 0. The average Bonchev–Trinajstić information content (AvgIpc) is 2.80. The number of benzene rings is 2. The van der Waals surface area contributed by atoms with Crippen molar-refractivity contribution in [2.75, 3.05) is 50.6 Å². The molecule has 0 radical (unpaired) electrons. The first-order chi connectivity index (χ1) is 14.6. The van der Waals surface area contributed by atoms with Gasteiger partial charge in [-0.15, -0.1) is 10.2 Å². The van der Waals surface area contributed by atoms with Gasteiger partial charge in [-0.3, -0.25) is 4.79 Å². The number of aromatic nitrogens is 2. The van der Waals surface area contributed by atoms with E-state index in [0.29, 0.717) is 5.56 Å². The predicted octanol–water partition coefficient (Wildman–Crippen LogP) is 1.74. The molecule has 1 aliphatic heterocycles. The largest absolute Gasteiger partial charge is 0.497 e. The van der Waals surface area contributed by atoms with Crippen molar-refractivity contribution in [3.8, 4) is 17.0 Å². The maximum atomic E-state index is 12.4. The molecule has 154 valence electrons. The molecule has 1 amide bonds. The number of hydrogen-bond acceptors (Lipinski definition) is 5. The second-order valence-corrected chi connectivity index (χ2v) is 7.48. The molecule has 0 saturated carbocycles. The van der Waals surface area contributed by atoms with Gasteiger partial charge in [0.2, 0.25) is 0 Å². The van der Waals surface area contributed by atoms with Gasteiger partial charge in [0, 0.05) is 16.8 Å². The molecular weight excluding hydrogens is 378 g/mol. The Morgan fingerprint density at radius 2 is 1.67 bits per heavy atom. The number of hydrogen-bond donors (Lipinski definition) is 2. The maximum Gasteiger partial charge on any atom is 0.255 e. The molecule has 2 heterocycles. The van der Waals surface area contributed by atoms with Crippen molar-refractivity contribution in [1.29, 1.82) is 0 Å². The number of carbonyl (C=O) groups is 1. The summed E-state index contributed by atoms with van der Waals surface area (Å²) in [4.78, 5) is 16.2. The lowest BCUT2D eigenvalue weighted by Crippen LogP contribution is -3.12. The highest BCUT2D eigenvalue weighted by Gasteiger charge is 2.18. The fraction of sp³-hybridized carbons (Fsp3) is 0.261. The van der Waals surface area contributed by atoms with E-state index in [9.17, 15) is 4.79 Å². The molecule has 3 aromatic rings. The summed E-state index contributed by atoms with van der Waals surface area (Å²) in [5.41, 5.74) is 3.07. The molecule has 0 bridgehead atoms. The molecule has 7 heteroatoms. The molecular formula is C23H26N5O2+. The molecule has 1 aromatic heterocycles. The van der Waals surface area contributed by atoms with Crippen molar-refractivity contribution in [3.63, 3.8) is 0 Å². The van der Waals surface area contributed by atoms with Gasteiger partial charge in [0.05, 0.1) is 46.0 Å². The Kier molecular flexibility index (Phi) is 5.90. The maximum absolute atomic E-state index is 12.4. The van der Waals surface area contributed by atoms with Crippen LogP contribution in [-0.4, -0.2) is 56.4 Å². The van der Waals surface area contributed by atoms with Crippen LogP contribution in [-0.2, 0) is 0 Å². The Labute approximate surface area is 176 Å². The molecule has 1 aliphatic rings. The van der Waals surface area contributed by atoms with Gasteiger partial charge in [0.1, 0.15) is 5.75 Å². The first kappa shape index (κ1) is 19.8. The number of quaternary nitrogens is 1. The standard InChI is InChI=1S/C23H25N5O2/c1-27-13-15-28(16-14-27)22-12-11-21(25-26-22)17-3-7-19(8-4-17)24-23(29)18-5-9-20(30-2)10-6-18/h3-12H,13-16H2,1-2H3,(H,24,29)/p+1. The highest BCUT2D eigenvalue weighted by atomic mass is 16.5. The molecule has 1 saturated heterocycles. The van der Waals surface area contributed by atoms with Gasteiger partial charge in [0.15, 0.2) is 5.82 Å². The van der Waals surface area contributed by atoms with Crippen molar-refractivity contribution in [2.45, 2.75) is 0 Å². The van der Waals surface area contributed by atoms with Gasteiger partial charge in [-0.25, -0.2) is 0 Å². The van der Waals surface area contributed by atoms with Crippen molar-refractivity contribution in [3.05, 3.63) is 66.2 Å². The smallest absolute Gasteiger partial charge is 0.255 e. The van der Waals surface area contributed by atoms with Gasteiger partial charge in [-0.05, 0) is 48.5 Å². The van der Waals surface area contributed by atoms with Gasteiger partial charge in [0.25, 0.3) is 5.91 Å². The molecule has 2 N–H and O–H groups in total. The number of rotatable bonds is 5. The van der Waals surface area contributed by atoms with Crippen LogP contribution in [0.1, 0.15) is 10.4 Å². The van der Waals surface area contributed by atoms with Gasteiger partial charge in [-0.1, -0.05) is 12.1 Å². The van der Waals surface area contributed by atoms with E-state index in [2.05, 4.69) is 27.5 Å². The zero-order chi connectivity index (χ0) is 20.9. The van der Waals surface area contributed by atoms with E-state index >= 15 is 0 Å². The number of ether oxygens (including phenoxy) is 1. The number of methoxy groups -OCH3 is 1. The van der Waals surface area contributed by atoms with E-state index in [1.807, 2.05) is 36.4 Å². The normalized spacial score (nSPS) is 14.4. The minimum atomic E-state index is -0.163. The summed E-state index contributed by atoms with van der Waals surface area (Å²) < 4.78 is 5.12. The monoisotopic (exact) mass is 404 g/mol. The van der Waals surface area contributed by atoms with Gasteiger partial charge >= 0.3 is 0 Å². The number of nitrogens with zero attached hydrogens (tertiary/aromatic N) is 3. The lowest BCUT2D eigenvalue weighted by atomic mass is 10.1. The third-order valence-electron chi connectivity index (χ3n) is 5.38. The Balaban J connectivity index is 1.39. The second-order valence-electron chi connectivity index (χ2n) is 7.48. The first-order valence-electron chi connectivity index (χ1n) is 10.1. The quantitative estimate of drug-likeness (QED) is 0.678. The Morgan fingerprint density at radius 1 is 0.967 bits per heavy atom. The van der Waals surface area contributed by atoms with Crippen LogP contribution in [0, 0.1) is 0 Å². The Hall–Kier alpha value is -3.45. The number of carbonyl (C=O) groups excluding carboxylic acids is 1. The first-order valence-corrected chi connectivity index (χ1v) is 10.1. The van der Waals surface area contributed by atoms with E-state index in [4.69, 9.17) is 4.74 Å². The number of anilines is 2. The van der Waals surface area contributed by atoms with Crippen molar-refractivity contribution in [2.24, 2.45) is 0 Å². The van der Waals surface area contributed by atoms with Crippen LogP contribution in [0.15, 0.2) is 60.7 Å². The van der Waals surface area contributed by atoms with Crippen LogP contribution in [0.25, 0.3) is 11.3 Å². The summed E-state index contributed by atoms with van der Waals surface area (Å²) in [7, 11) is 3.82. The third-order valence-corrected chi connectivity index (χ3v) is 5.38. The van der Waals surface area contributed by atoms with Crippen molar-refractivity contribution >= 4 is 17.4 Å². The summed E-state index contributed by atoms with van der Waals surface area (Å²) in [6.45, 7) is 4.24. The number of piperazine rings is 1. The minimum absolute atomic E-state index is 0.163. The van der Waals surface area contributed by atoms with Crippen LogP contribution in [0.3, 0.4) is 0 Å². The fourth-order valence-corrected chi connectivity index (χ4v) is 3.44. The Morgan fingerprint density at radius 3 is 2.27 bits per heavy atom. The van der Waals surface area contributed by atoms with Gasteiger partial charge < -0.3 is 19.9 Å². The third kappa shape index (κ3) is 4.58. The number of amides is 1. The van der Waals surface area contributed by atoms with Crippen LogP contribution in [0.5, 0.6) is 5.75 Å². The molecule has 4 rings (SSSR count). The highest BCUT2D eigenvalue weighted by Crippen LogP contribution is 2.21. The molecule has 7 nitrogen and oxygen atoms in total. The van der Waals surface area contributed by atoms with Crippen LogP contribution in [0.4, 0.5) is 11.5 Å². The number of likely N-dealkylation sites (N-methyl/N-ethyl adjacent to an activating group) is 1. The van der Waals surface area contributed by atoms with E-state index in [-0.39, 0.29) is 5.91 Å². The number of nitrogens with one attached hydrogen (secondary N) is 2. The molecule has 0 spiro atoms. The second kappa shape index (κ2) is 8.92. The summed E-state index contributed by atoms with van der Waals surface area (Å²) >= 11 is 0. The Bertz CT molecular complexity index is 980. The van der Waals surface area contributed by atoms with E-state index in [1.165, 1.54) is 0 Å². The molecule has 0 aliphatic carbocycles. The molecule has 0 unspecified atom stereocenters. The van der Waals surface area contributed by atoms with Crippen LogP contribution >= 0.6 is 0 Å². The van der Waals surface area contributed by atoms with Crippen LogP contribution < -0.4 is 19.9 Å². The molecule has 2 aromatic carbocycles. The molecule has 1 fully saturated rings. The minimum Gasteiger partial charge on any atom is -0.497 e. The lowest BCUT2D eigenvalue weighted by Gasteiger charge is -2.30. The van der Waals surface area contributed by atoms with E-state index in [0.717, 1.165) is 54.7 Å². The average molecular weight is 404 g/mol. The predicted molar refractivity (Wildman–Crippen MR) is 117 cm³/mol. The topological polar surface area (TPSA) is 71.8 Å².